The Hall–Kier alpha value is 0.170. The molecule has 2 aliphatic rings. The van der Waals surface area contributed by atoms with E-state index in [2.05, 4.69) is 30.6 Å². The highest BCUT2D eigenvalue weighted by atomic mass is 35.5. The monoisotopic (exact) mass is 315 g/mol. The van der Waals surface area contributed by atoms with Crippen LogP contribution in [0.1, 0.15) is 52.9 Å². The molecule has 4 heteroatoms. The molecule has 21 heavy (non-hydrogen) atoms. The van der Waals surface area contributed by atoms with Crippen molar-refractivity contribution in [1.29, 1.82) is 0 Å². The van der Waals surface area contributed by atoms with Crippen molar-refractivity contribution in [2.75, 3.05) is 39.3 Å². The molecule has 2 fully saturated rings. The summed E-state index contributed by atoms with van der Waals surface area (Å²) >= 11 is 6.15. The third kappa shape index (κ3) is 5.09. The summed E-state index contributed by atoms with van der Waals surface area (Å²) in [6, 6.07) is 1.38. The summed E-state index contributed by atoms with van der Waals surface area (Å²) in [5.41, 5.74) is 0. The maximum Gasteiger partial charge on any atom is 0.0267 e. The number of hydrogen-bond acceptors (Lipinski definition) is 3. The zero-order valence-electron chi connectivity index (χ0n) is 14.2. The number of likely N-dealkylation sites (N-methyl/N-ethyl adjacent to an activating group) is 1. The fraction of sp³-hybridized carbons (Fsp3) is 1.00. The highest BCUT2D eigenvalue weighted by molar-refractivity contribution is 6.13. The van der Waals surface area contributed by atoms with Crippen molar-refractivity contribution in [1.82, 2.24) is 14.2 Å². The summed E-state index contributed by atoms with van der Waals surface area (Å²) in [5, 5.41) is 0. The molecule has 1 saturated carbocycles. The van der Waals surface area contributed by atoms with E-state index in [0.717, 1.165) is 44.7 Å². The largest absolute Gasteiger partial charge is 0.300 e. The number of rotatable bonds is 6. The van der Waals surface area contributed by atoms with Gasteiger partial charge in [0.15, 0.2) is 0 Å². The first-order chi connectivity index (χ1) is 10.1. The molecule has 124 valence electrons. The van der Waals surface area contributed by atoms with Gasteiger partial charge >= 0.3 is 0 Å². The van der Waals surface area contributed by atoms with Gasteiger partial charge < -0.3 is 0 Å². The molecular weight excluding hydrogens is 282 g/mol. The fourth-order valence-corrected chi connectivity index (χ4v) is 4.21. The zero-order valence-corrected chi connectivity index (χ0v) is 15.0. The molecule has 1 heterocycles. The zero-order chi connectivity index (χ0) is 15.2. The van der Waals surface area contributed by atoms with Crippen LogP contribution in [0.2, 0.25) is 0 Å². The molecule has 1 aliphatic heterocycles. The van der Waals surface area contributed by atoms with E-state index in [1.807, 2.05) is 4.42 Å². The van der Waals surface area contributed by atoms with Gasteiger partial charge in [0.2, 0.25) is 0 Å². The van der Waals surface area contributed by atoms with Crippen LogP contribution < -0.4 is 0 Å². The summed E-state index contributed by atoms with van der Waals surface area (Å²) in [6.07, 6.45) is 7.18. The minimum absolute atomic E-state index is 0.649. The Bertz CT molecular complexity index is 284. The quantitative estimate of drug-likeness (QED) is 0.695. The average molecular weight is 316 g/mol. The Balaban J connectivity index is 2.01. The highest BCUT2D eigenvalue weighted by Gasteiger charge is 2.32. The van der Waals surface area contributed by atoms with Crippen LogP contribution in [-0.4, -0.2) is 65.6 Å². The Kier molecular flexibility index (Phi) is 7.27. The summed E-state index contributed by atoms with van der Waals surface area (Å²) in [7, 11) is 0. The van der Waals surface area contributed by atoms with E-state index in [4.69, 9.17) is 11.8 Å². The molecular formula is C17H34ClN3. The SMILES string of the molecule is CCN(CC(C1CCCCC1)N1CCN(Cl)CC1)C(C)C. The minimum Gasteiger partial charge on any atom is -0.300 e. The maximum atomic E-state index is 6.15. The van der Waals surface area contributed by atoms with Crippen LogP contribution >= 0.6 is 11.8 Å². The van der Waals surface area contributed by atoms with E-state index in [1.165, 1.54) is 38.6 Å². The molecule has 0 amide bonds. The van der Waals surface area contributed by atoms with Gasteiger partial charge in [-0.2, -0.15) is 0 Å². The van der Waals surface area contributed by atoms with E-state index in [1.54, 1.807) is 0 Å². The van der Waals surface area contributed by atoms with Gasteiger partial charge in [0.05, 0.1) is 0 Å². The lowest BCUT2D eigenvalue weighted by atomic mass is 9.82. The topological polar surface area (TPSA) is 9.72 Å². The van der Waals surface area contributed by atoms with E-state index in [9.17, 15) is 0 Å². The van der Waals surface area contributed by atoms with Crippen molar-refractivity contribution in [3.8, 4) is 0 Å². The number of halogens is 1. The van der Waals surface area contributed by atoms with Gasteiger partial charge in [0, 0.05) is 44.8 Å². The Morgan fingerprint density at radius 2 is 1.67 bits per heavy atom. The molecule has 0 aromatic rings. The fourth-order valence-electron chi connectivity index (χ4n) is 4.06. The minimum atomic E-state index is 0.649. The highest BCUT2D eigenvalue weighted by Crippen LogP contribution is 2.30. The second-order valence-electron chi connectivity index (χ2n) is 7.09. The average Bonchev–Trinajstić information content (AvgIpc) is 2.50. The van der Waals surface area contributed by atoms with Gasteiger partial charge in [-0.3, -0.25) is 9.80 Å². The van der Waals surface area contributed by atoms with Crippen molar-refractivity contribution >= 4 is 11.8 Å². The lowest BCUT2D eigenvalue weighted by Crippen LogP contribution is -2.55. The van der Waals surface area contributed by atoms with Crippen LogP contribution in [0.15, 0.2) is 0 Å². The summed E-state index contributed by atoms with van der Waals surface area (Å²) < 4.78 is 1.95. The molecule has 1 unspecified atom stereocenters. The number of hydrogen-bond donors (Lipinski definition) is 0. The molecule has 1 atom stereocenters. The van der Waals surface area contributed by atoms with E-state index in [-0.39, 0.29) is 0 Å². The van der Waals surface area contributed by atoms with Crippen LogP contribution in [0.5, 0.6) is 0 Å². The van der Waals surface area contributed by atoms with Gasteiger partial charge in [0.25, 0.3) is 0 Å². The van der Waals surface area contributed by atoms with Gasteiger partial charge in [-0.15, -0.1) is 0 Å². The molecule has 1 saturated heterocycles. The molecule has 0 spiro atoms. The van der Waals surface area contributed by atoms with E-state index >= 15 is 0 Å². The summed E-state index contributed by atoms with van der Waals surface area (Å²) in [4.78, 5) is 5.38. The standard InChI is InChI=1S/C17H34ClN3/c1-4-19(15(2)3)14-17(16-8-6-5-7-9-16)20-10-12-21(18)13-11-20/h15-17H,4-14H2,1-3H3. The molecule has 3 nitrogen and oxygen atoms in total. The first-order valence-electron chi connectivity index (χ1n) is 9.00. The van der Waals surface area contributed by atoms with Crippen molar-refractivity contribution in [3.05, 3.63) is 0 Å². The Morgan fingerprint density at radius 3 is 2.19 bits per heavy atom. The second kappa shape index (κ2) is 8.71. The number of piperazine rings is 1. The van der Waals surface area contributed by atoms with Crippen molar-refractivity contribution < 1.29 is 0 Å². The Morgan fingerprint density at radius 1 is 1.05 bits per heavy atom. The van der Waals surface area contributed by atoms with Crippen molar-refractivity contribution in [2.45, 2.75) is 65.0 Å². The lowest BCUT2D eigenvalue weighted by molar-refractivity contribution is 0.0488. The molecule has 0 aromatic carbocycles. The first kappa shape index (κ1) is 17.5. The maximum absolute atomic E-state index is 6.15. The van der Waals surface area contributed by atoms with Crippen LogP contribution in [-0.2, 0) is 0 Å². The van der Waals surface area contributed by atoms with Crippen LogP contribution in [0.3, 0.4) is 0 Å². The predicted octanol–water partition coefficient (Wildman–Crippen LogP) is 3.44. The van der Waals surface area contributed by atoms with Crippen molar-refractivity contribution in [2.24, 2.45) is 5.92 Å². The molecule has 0 N–H and O–H groups in total. The van der Waals surface area contributed by atoms with Crippen molar-refractivity contribution in [3.63, 3.8) is 0 Å². The molecule has 2 rings (SSSR count). The van der Waals surface area contributed by atoms with Crippen LogP contribution in [0.25, 0.3) is 0 Å². The summed E-state index contributed by atoms with van der Waals surface area (Å²) in [5.74, 6) is 0.897. The van der Waals surface area contributed by atoms with Gasteiger partial charge in [-0.05, 0) is 50.9 Å². The van der Waals surface area contributed by atoms with E-state index < -0.39 is 0 Å². The third-order valence-electron chi connectivity index (χ3n) is 5.48. The smallest absolute Gasteiger partial charge is 0.0267 e. The predicted molar refractivity (Wildman–Crippen MR) is 91.7 cm³/mol. The molecule has 1 aliphatic carbocycles. The normalized spacial score (nSPS) is 24.9. The third-order valence-corrected chi connectivity index (χ3v) is 5.82. The van der Waals surface area contributed by atoms with Gasteiger partial charge in [-0.1, -0.05) is 26.2 Å². The van der Waals surface area contributed by atoms with Gasteiger partial charge in [0.1, 0.15) is 0 Å². The molecule has 0 radical (unpaired) electrons. The van der Waals surface area contributed by atoms with E-state index in [0.29, 0.717) is 6.04 Å². The Labute approximate surface area is 136 Å². The molecule has 0 aromatic heterocycles. The van der Waals surface area contributed by atoms with Crippen LogP contribution in [0, 0.1) is 5.92 Å². The lowest BCUT2D eigenvalue weighted by Gasteiger charge is -2.44. The summed E-state index contributed by atoms with van der Waals surface area (Å²) in [6.45, 7) is 13.7. The number of nitrogens with zero attached hydrogens (tertiary/aromatic N) is 3. The second-order valence-corrected chi connectivity index (χ2v) is 7.57. The van der Waals surface area contributed by atoms with Crippen LogP contribution in [0.4, 0.5) is 0 Å². The molecule has 0 bridgehead atoms. The van der Waals surface area contributed by atoms with Gasteiger partial charge in [-0.25, -0.2) is 4.42 Å². The first-order valence-corrected chi connectivity index (χ1v) is 9.34.